The van der Waals surface area contributed by atoms with E-state index in [1.807, 2.05) is 84.8 Å². The number of non-ortho nitro benzene ring substituents is 3. The second-order valence-electron chi connectivity index (χ2n) is 28.5. The molecular weight excluding hydrogens is 1980 g/mol. The molecule has 0 saturated carbocycles. The maximum absolute atomic E-state index is 13.6. The predicted octanol–water partition coefficient (Wildman–Crippen LogP) is 20.0. The predicted molar refractivity (Wildman–Crippen MR) is 524 cm³/mol. The van der Waals surface area contributed by atoms with Crippen LogP contribution in [-0.4, -0.2) is 198 Å². The summed E-state index contributed by atoms with van der Waals surface area (Å²) in [7, 11) is 8.17. The standard InChI is InChI=1S/C17H18ClN3O4.C17H18FN3O4.C17H19N3O4.C15H14N2O6.C15H16N2O2.C14H12N2O5.Co.Mn.Ni/c2*1-3-20(4-2)12-6-5-11(16(22)7-12)10-19-14-8-13(18)15(21(24)25)9-17(14)23;1-3-19(4-2)13-6-5-12(17(22)10-13)11-18-15-9-14(20(23)24)7-8-16(15)21;1-22-14-5-9(13(19)7-15(14)23-2)8-16-11-6-10(17(20)21)3-4-12(11)18;1-17(2)12-8-7-11(15(19)9-12)10-16-13-5-3-4-6-14(13)18;1-21-11-4-2-9(14(18)7-11)8-15-12-6-10(16(19)20)3-5-13(12)17;;;/h2*5-10,22-23H,3-4H2,1-2H3;5-11,21-22H,3-4H2,1-2H3;3-8,18-19H,1-2H3;3-10,18-19H,1-2H3;2-8,17-18H,1H3;;;. The summed E-state index contributed by atoms with van der Waals surface area (Å²) in [4.78, 5) is 82.5. The Kier molecular flexibility index (Phi) is 46.5. The summed E-state index contributed by atoms with van der Waals surface area (Å²) in [5.41, 5.74) is 4.83. The Bertz CT molecular complexity index is 6380. The van der Waals surface area contributed by atoms with Crippen molar-refractivity contribution in [1.29, 1.82) is 0 Å². The minimum absolute atomic E-state index is 0. The average molecular weight is 2080 g/mol. The van der Waals surface area contributed by atoms with Crippen LogP contribution in [0.15, 0.2) is 236 Å². The van der Waals surface area contributed by atoms with Crippen LogP contribution in [0.4, 0.5) is 89.7 Å². The zero-order valence-electron chi connectivity index (χ0n) is 76.5. The van der Waals surface area contributed by atoms with E-state index in [1.54, 1.807) is 84.9 Å². The molecule has 0 fully saturated rings. The van der Waals surface area contributed by atoms with E-state index < -0.39 is 47.6 Å². The normalized spacial score (nSPS) is 10.6. The van der Waals surface area contributed by atoms with Crippen LogP contribution in [0.2, 0.25) is 5.02 Å². The molecular formula is C95H97ClCoFMnN15NiO25. The van der Waals surface area contributed by atoms with Gasteiger partial charge in [-0.3, -0.25) is 80.5 Å². The molecule has 12 aromatic rings. The number of para-hydroxylation sites is 2. The molecule has 12 N–H and O–H groups in total. The van der Waals surface area contributed by atoms with Crippen LogP contribution in [0.1, 0.15) is 74.9 Å². The number of nitro benzene ring substituents is 5. The number of anilines is 4. The zero-order valence-corrected chi connectivity index (χ0v) is 80.5. The molecule has 0 aliphatic rings. The third-order valence-corrected chi connectivity index (χ3v) is 20.0. The van der Waals surface area contributed by atoms with Crippen molar-refractivity contribution in [1.82, 2.24) is 0 Å². The summed E-state index contributed by atoms with van der Waals surface area (Å²) >= 11 is 5.82. The maximum Gasteiger partial charge on any atom is 0.308 e. The molecule has 0 amide bonds. The van der Waals surface area contributed by atoms with Crippen molar-refractivity contribution < 1.29 is 155 Å². The van der Waals surface area contributed by atoms with Crippen LogP contribution in [0, 0.1) is 56.4 Å². The third-order valence-electron chi connectivity index (χ3n) is 19.7. The first-order chi connectivity index (χ1) is 65.2. The molecule has 742 valence electrons. The summed E-state index contributed by atoms with van der Waals surface area (Å²) in [6.45, 7) is 17.0. The van der Waals surface area contributed by atoms with Crippen LogP contribution in [0.25, 0.3) is 0 Å². The van der Waals surface area contributed by atoms with Crippen molar-refractivity contribution in [2.75, 3.05) is 94.3 Å². The number of hydrogen-bond donors (Lipinski definition) is 12. The molecule has 0 heterocycles. The minimum Gasteiger partial charge on any atom is -0.507 e. The van der Waals surface area contributed by atoms with Gasteiger partial charge in [0.15, 0.2) is 11.5 Å². The number of phenolic OH excluding ortho intramolecular Hbond substituents is 12. The van der Waals surface area contributed by atoms with Crippen LogP contribution >= 0.6 is 11.6 Å². The van der Waals surface area contributed by atoms with Crippen molar-refractivity contribution in [3.63, 3.8) is 0 Å². The molecule has 0 saturated heterocycles. The van der Waals surface area contributed by atoms with Gasteiger partial charge in [0.25, 0.3) is 22.7 Å². The Balaban J connectivity index is 0.000000350. The van der Waals surface area contributed by atoms with E-state index in [2.05, 4.69) is 44.7 Å². The van der Waals surface area contributed by atoms with Crippen molar-refractivity contribution in [3.05, 3.63) is 301 Å². The number of ether oxygens (including phenoxy) is 3. The monoisotopic (exact) mass is 2070 g/mol. The fourth-order valence-corrected chi connectivity index (χ4v) is 12.3. The first-order valence-corrected chi connectivity index (χ1v) is 41.5. The first-order valence-electron chi connectivity index (χ1n) is 41.1. The molecule has 0 aliphatic carbocycles. The summed E-state index contributed by atoms with van der Waals surface area (Å²) < 4.78 is 28.8. The van der Waals surface area contributed by atoms with E-state index in [0.717, 1.165) is 86.3 Å². The maximum atomic E-state index is 13.6. The third kappa shape index (κ3) is 33.3. The summed E-state index contributed by atoms with van der Waals surface area (Å²) in [6.07, 6.45) is 8.06. The van der Waals surface area contributed by atoms with Gasteiger partial charge in [0.05, 0.1) is 58.1 Å². The molecule has 45 heteroatoms. The summed E-state index contributed by atoms with van der Waals surface area (Å²) in [6, 6.07) is 49.3. The fraction of sp³-hybridized carbons (Fsp3) is 0.179. The van der Waals surface area contributed by atoms with Gasteiger partial charge in [0.1, 0.15) is 114 Å². The zero-order chi connectivity index (χ0) is 101. The van der Waals surface area contributed by atoms with Crippen molar-refractivity contribution >= 4 is 134 Å². The van der Waals surface area contributed by atoms with E-state index in [1.165, 1.54) is 125 Å². The number of nitro groups is 5. The second-order valence-corrected chi connectivity index (χ2v) is 28.9. The molecule has 0 aliphatic heterocycles. The number of halogens is 2. The Hall–Kier alpha value is -16.4. The SMILES string of the molecule is CCN(CC)c1ccc(C=Nc2cc(Cl)c([N+](=O)[O-])cc2O)c(O)c1.CCN(CC)c1ccc(C=Nc2cc(F)c([N+](=O)[O-])cc2O)c(O)c1.CCN(CC)c1ccc(C=Nc2cc([N+](=O)[O-])ccc2O)c(O)c1.CN(C)c1ccc(C=Nc2ccccc2O)c(O)c1.COc1cc(O)c(C=Nc2cc([N+](=O)[O-])ccc2O)cc1OC.COc1ccc(C=Nc2cc([N+](=O)[O-])ccc2O)c(O)c1.[Co].[Mn].[Ni]. The smallest absolute Gasteiger partial charge is 0.308 e. The van der Waals surface area contributed by atoms with Crippen molar-refractivity contribution in [2.45, 2.75) is 41.5 Å². The number of aromatic hydroxyl groups is 12. The molecule has 0 atom stereocenters. The number of hydrogen-bond acceptors (Lipinski definition) is 35. The van der Waals surface area contributed by atoms with Crippen LogP contribution in [0.5, 0.6) is 86.2 Å². The largest absolute Gasteiger partial charge is 0.507 e. The van der Waals surface area contributed by atoms with Gasteiger partial charge in [-0.1, -0.05) is 23.7 Å². The number of methoxy groups -OCH3 is 3. The van der Waals surface area contributed by atoms with Crippen LogP contribution in [0.3, 0.4) is 0 Å². The topological polar surface area (TPSA) is 573 Å². The molecule has 40 nitrogen and oxygen atoms in total. The van der Waals surface area contributed by atoms with Crippen molar-refractivity contribution in [3.8, 4) is 86.2 Å². The molecule has 0 unspecified atom stereocenters. The van der Waals surface area contributed by atoms with Gasteiger partial charge in [-0.05, 0) is 145 Å². The summed E-state index contributed by atoms with van der Waals surface area (Å²) in [5.74, 6) is -1.17. The Morgan fingerprint density at radius 2 is 0.614 bits per heavy atom. The van der Waals surface area contributed by atoms with E-state index in [4.69, 9.17) is 25.8 Å². The number of rotatable bonds is 30. The van der Waals surface area contributed by atoms with Crippen LogP contribution < -0.4 is 33.8 Å². The molecule has 12 aromatic carbocycles. The van der Waals surface area contributed by atoms with Gasteiger partial charge in [0, 0.05) is 276 Å². The molecule has 12 rings (SSSR count). The van der Waals surface area contributed by atoms with Gasteiger partial charge in [-0.25, -0.2) is 0 Å². The number of aliphatic imine (C=N–C) groups is 6. The van der Waals surface area contributed by atoms with Crippen molar-refractivity contribution in [2.24, 2.45) is 30.0 Å². The molecule has 0 aromatic heterocycles. The summed E-state index contributed by atoms with van der Waals surface area (Å²) in [5, 5.41) is 172. The van der Waals surface area contributed by atoms with E-state index >= 15 is 0 Å². The number of nitrogens with zero attached hydrogens (tertiary/aromatic N) is 15. The quantitative estimate of drug-likeness (QED) is 0.00861. The van der Waals surface area contributed by atoms with Gasteiger partial charge in [-0.2, -0.15) is 4.39 Å². The van der Waals surface area contributed by atoms with Gasteiger partial charge >= 0.3 is 5.69 Å². The van der Waals surface area contributed by atoms with Gasteiger partial charge in [0.2, 0.25) is 5.82 Å². The first kappa shape index (κ1) is 116. The van der Waals surface area contributed by atoms with E-state index in [-0.39, 0.29) is 164 Å². The number of phenols is 12. The molecule has 0 spiro atoms. The Morgan fingerprint density at radius 1 is 0.321 bits per heavy atom. The number of benzene rings is 12. The Labute approximate surface area is 836 Å². The minimum atomic E-state index is -1.10. The van der Waals surface area contributed by atoms with Crippen LogP contribution in [-0.2, 0) is 50.3 Å². The molecule has 2 radical (unpaired) electrons. The van der Waals surface area contributed by atoms with Gasteiger partial charge in [-0.15, -0.1) is 0 Å². The molecule has 140 heavy (non-hydrogen) atoms. The fourth-order valence-electron chi connectivity index (χ4n) is 12.1. The van der Waals surface area contributed by atoms with E-state index in [9.17, 15) is 116 Å². The second kappa shape index (κ2) is 56.2. The average Bonchev–Trinajstić information content (AvgIpc) is 0.826. The van der Waals surface area contributed by atoms with Gasteiger partial charge < -0.3 is 95.1 Å². The van der Waals surface area contributed by atoms with E-state index in [0.29, 0.717) is 62.4 Å². The Morgan fingerprint density at radius 3 is 0.936 bits per heavy atom. The molecule has 0 bridgehead atoms.